The molecule has 0 radical (unpaired) electrons. The third-order valence-electron chi connectivity index (χ3n) is 2.62. The first-order valence-corrected chi connectivity index (χ1v) is 6.65. The summed E-state index contributed by atoms with van der Waals surface area (Å²) in [4.78, 5) is 0. The van der Waals surface area contributed by atoms with E-state index in [9.17, 15) is 0 Å². The van der Waals surface area contributed by atoms with E-state index < -0.39 is 0 Å². The van der Waals surface area contributed by atoms with Crippen molar-refractivity contribution < 1.29 is 4.74 Å². The van der Waals surface area contributed by atoms with E-state index in [1.807, 2.05) is 25.1 Å². The fraction of sp³-hybridized carbons (Fsp3) is 0.286. The molecule has 2 nitrogen and oxygen atoms in total. The number of benzene rings is 1. The Bertz CT molecular complexity index is 425. The zero-order chi connectivity index (χ0) is 12.1. The lowest BCUT2D eigenvalue weighted by Crippen LogP contribution is -2.26. The van der Waals surface area contributed by atoms with Gasteiger partial charge >= 0.3 is 0 Å². The minimum absolute atomic E-state index is 0.00619. The molecule has 0 aliphatic rings. The molecule has 2 unspecified atom stereocenters. The van der Waals surface area contributed by atoms with Crippen molar-refractivity contribution in [2.24, 2.45) is 5.73 Å². The zero-order valence-electron chi connectivity index (χ0n) is 9.87. The lowest BCUT2D eigenvalue weighted by molar-refractivity contribution is 0.0262. The van der Waals surface area contributed by atoms with E-state index >= 15 is 0 Å². The van der Waals surface area contributed by atoms with Gasteiger partial charge in [0, 0.05) is 6.04 Å². The second-order valence-corrected chi connectivity index (χ2v) is 4.91. The lowest BCUT2D eigenvalue weighted by Gasteiger charge is -2.20. The highest BCUT2D eigenvalue weighted by molar-refractivity contribution is 7.07. The van der Waals surface area contributed by atoms with Crippen molar-refractivity contribution in [2.75, 3.05) is 0 Å². The fourth-order valence-electron chi connectivity index (χ4n) is 1.75. The van der Waals surface area contributed by atoms with Crippen LogP contribution in [0.25, 0.3) is 0 Å². The third kappa shape index (κ3) is 3.40. The largest absolute Gasteiger partial charge is 0.367 e. The molecule has 2 N–H and O–H groups in total. The molecule has 0 spiro atoms. The number of ether oxygens (including phenoxy) is 1. The van der Waals surface area contributed by atoms with Gasteiger partial charge in [-0.05, 0) is 34.9 Å². The Morgan fingerprint density at radius 1 is 1.24 bits per heavy atom. The van der Waals surface area contributed by atoms with Gasteiger partial charge in [-0.1, -0.05) is 30.3 Å². The molecule has 0 saturated carbocycles. The van der Waals surface area contributed by atoms with E-state index in [-0.39, 0.29) is 12.1 Å². The van der Waals surface area contributed by atoms with Gasteiger partial charge < -0.3 is 10.5 Å². The second-order valence-electron chi connectivity index (χ2n) is 4.13. The number of rotatable bonds is 5. The summed E-state index contributed by atoms with van der Waals surface area (Å²) in [6.45, 7) is 2.58. The Morgan fingerprint density at radius 2 is 2.00 bits per heavy atom. The third-order valence-corrected chi connectivity index (χ3v) is 3.32. The Kier molecular flexibility index (Phi) is 4.31. The van der Waals surface area contributed by atoms with Crippen molar-refractivity contribution in [2.45, 2.75) is 25.7 Å². The van der Waals surface area contributed by atoms with E-state index in [0.717, 1.165) is 0 Å². The van der Waals surface area contributed by atoms with Crippen LogP contribution >= 0.6 is 11.3 Å². The second kappa shape index (κ2) is 5.96. The summed E-state index contributed by atoms with van der Waals surface area (Å²) >= 11 is 1.67. The highest BCUT2D eigenvalue weighted by Crippen LogP contribution is 2.23. The SMILES string of the molecule is CC(N)C(OCc1ccccc1)c1ccsc1. The van der Waals surface area contributed by atoms with Crippen LogP contribution in [0.4, 0.5) is 0 Å². The van der Waals surface area contributed by atoms with Crippen molar-refractivity contribution in [3.8, 4) is 0 Å². The van der Waals surface area contributed by atoms with Gasteiger partial charge in [-0.2, -0.15) is 11.3 Å². The molecule has 90 valence electrons. The molecule has 2 aromatic rings. The Balaban J connectivity index is 2.00. The maximum absolute atomic E-state index is 5.97. The number of nitrogens with two attached hydrogens (primary N) is 1. The summed E-state index contributed by atoms with van der Waals surface area (Å²) in [6.07, 6.45) is -0.0264. The van der Waals surface area contributed by atoms with E-state index in [2.05, 4.69) is 29.0 Å². The van der Waals surface area contributed by atoms with Crippen molar-refractivity contribution in [3.05, 3.63) is 58.3 Å². The standard InChI is InChI=1S/C14H17NOS/c1-11(15)14(13-7-8-17-10-13)16-9-12-5-3-2-4-6-12/h2-8,10-11,14H,9,15H2,1H3. The van der Waals surface area contributed by atoms with Crippen LogP contribution < -0.4 is 5.73 Å². The first-order chi connectivity index (χ1) is 8.27. The van der Waals surface area contributed by atoms with Gasteiger partial charge in [0.25, 0.3) is 0 Å². The van der Waals surface area contributed by atoms with E-state index in [4.69, 9.17) is 10.5 Å². The molecule has 17 heavy (non-hydrogen) atoms. The van der Waals surface area contributed by atoms with E-state index in [1.54, 1.807) is 11.3 Å². The normalized spacial score (nSPS) is 14.5. The summed E-state index contributed by atoms with van der Waals surface area (Å²) < 4.78 is 5.92. The summed E-state index contributed by atoms with van der Waals surface area (Å²) in [7, 11) is 0. The van der Waals surface area contributed by atoms with Crippen LogP contribution in [0.5, 0.6) is 0 Å². The topological polar surface area (TPSA) is 35.2 Å². The minimum atomic E-state index is -0.0264. The molecule has 1 heterocycles. The zero-order valence-corrected chi connectivity index (χ0v) is 10.7. The van der Waals surface area contributed by atoms with E-state index in [1.165, 1.54) is 11.1 Å². The molecule has 0 saturated heterocycles. The summed E-state index contributed by atoms with van der Waals surface area (Å²) in [5.41, 5.74) is 8.31. The number of hydrogen-bond donors (Lipinski definition) is 1. The predicted molar refractivity (Wildman–Crippen MR) is 71.9 cm³/mol. The quantitative estimate of drug-likeness (QED) is 0.879. The summed E-state index contributed by atoms with van der Waals surface area (Å²) in [5.74, 6) is 0. The highest BCUT2D eigenvalue weighted by Gasteiger charge is 2.17. The summed E-state index contributed by atoms with van der Waals surface area (Å²) in [6, 6.07) is 12.2. The van der Waals surface area contributed by atoms with Crippen LogP contribution in [0, 0.1) is 0 Å². The molecule has 0 aliphatic carbocycles. The van der Waals surface area contributed by atoms with Gasteiger partial charge in [0.2, 0.25) is 0 Å². The molecule has 0 aliphatic heterocycles. The lowest BCUT2D eigenvalue weighted by atomic mass is 10.1. The van der Waals surface area contributed by atoms with Crippen molar-refractivity contribution in [3.63, 3.8) is 0 Å². The van der Waals surface area contributed by atoms with E-state index in [0.29, 0.717) is 6.61 Å². The minimum Gasteiger partial charge on any atom is -0.367 e. The Labute approximate surface area is 106 Å². The Hall–Kier alpha value is -1.16. The maximum atomic E-state index is 5.97. The molecule has 1 aromatic heterocycles. The highest BCUT2D eigenvalue weighted by atomic mass is 32.1. The molecule has 0 bridgehead atoms. The first kappa shape index (κ1) is 12.3. The predicted octanol–water partition coefficient (Wildman–Crippen LogP) is 3.35. The van der Waals surface area contributed by atoms with Gasteiger partial charge in [-0.25, -0.2) is 0 Å². The van der Waals surface area contributed by atoms with Crippen LogP contribution in [0.3, 0.4) is 0 Å². The van der Waals surface area contributed by atoms with Gasteiger partial charge in [-0.3, -0.25) is 0 Å². The van der Waals surface area contributed by atoms with Crippen LogP contribution in [-0.4, -0.2) is 6.04 Å². The Morgan fingerprint density at radius 3 is 2.59 bits per heavy atom. The van der Waals surface area contributed by atoms with Crippen LogP contribution in [0.2, 0.25) is 0 Å². The molecule has 3 heteroatoms. The monoisotopic (exact) mass is 247 g/mol. The molecule has 2 atom stereocenters. The van der Waals surface area contributed by atoms with Crippen LogP contribution in [-0.2, 0) is 11.3 Å². The van der Waals surface area contributed by atoms with Crippen molar-refractivity contribution in [1.29, 1.82) is 0 Å². The van der Waals surface area contributed by atoms with Gasteiger partial charge in [0.05, 0.1) is 12.7 Å². The van der Waals surface area contributed by atoms with Crippen LogP contribution in [0.15, 0.2) is 47.2 Å². The molecular weight excluding hydrogens is 230 g/mol. The fourth-order valence-corrected chi connectivity index (χ4v) is 2.43. The summed E-state index contributed by atoms with van der Waals surface area (Å²) in [5, 5.41) is 4.15. The molecule has 0 fully saturated rings. The molecule has 0 amide bonds. The average molecular weight is 247 g/mol. The molecule has 2 rings (SSSR count). The first-order valence-electron chi connectivity index (χ1n) is 5.70. The van der Waals surface area contributed by atoms with Gasteiger partial charge in [-0.15, -0.1) is 0 Å². The molecular formula is C14H17NOS. The van der Waals surface area contributed by atoms with Gasteiger partial charge in [0.1, 0.15) is 0 Å². The average Bonchev–Trinajstić information content (AvgIpc) is 2.84. The maximum Gasteiger partial charge on any atom is 0.0985 e. The van der Waals surface area contributed by atoms with Crippen molar-refractivity contribution in [1.82, 2.24) is 0 Å². The number of thiophene rings is 1. The van der Waals surface area contributed by atoms with Crippen molar-refractivity contribution >= 4 is 11.3 Å². The van der Waals surface area contributed by atoms with Crippen LogP contribution in [0.1, 0.15) is 24.2 Å². The number of hydrogen-bond acceptors (Lipinski definition) is 3. The smallest absolute Gasteiger partial charge is 0.0985 e. The van der Waals surface area contributed by atoms with Gasteiger partial charge in [0.15, 0.2) is 0 Å². The molecule has 1 aromatic carbocycles.